The fourth-order valence-corrected chi connectivity index (χ4v) is 8.43. The second kappa shape index (κ2) is 14.1. The number of rotatable bonds is 7. The summed E-state index contributed by atoms with van der Waals surface area (Å²) >= 11 is 0. The lowest BCUT2D eigenvalue weighted by Crippen LogP contribution is -2.39. The molecule has 2 saturated heterocycles. The van der Waals surface area contributed by atoms with E-state index in [9.17, 15) is 13.2 Å². The molecule has 4 aliphatic rings. The molecule has 2 N–H and O–H groups in total. The standard InChI is InChI=1S/C25H31N5O3S.C15H20N4/c1-15-11-19(21(12-16(15)2)28-34(4,32)33)25(31)29-10-6-5-7-23(29)22-14-24-26-20(18-8-9-18)13-17(3)30(24)27-22;1-10-8-13(11-5-6-11)17-15-9-14(18-19(10)15)12-4-2-3-7-16-12/h11-14,18,23,28H,5-10H2,1-4H3;8-9,11-12,16H,2-7H2,1H3/t23-;12-/m00/s1. The van der Waals surface area contributed by atoms with E-state index in [0.717, 1.165) is 77.3 Å². The number of carbonyl (C=O) groups is 1. The Balaban J connectivity index is 0.000000176. The molecular weight excluding hydrogens is 687 g/mol. The summed E-state index contributed by atoms with van der Waals surface area (Å²) in [6, 6.07) is 12.2. The lowest BCUT2D eigenvalue weighted by atomic mass is 9.96. The van der Waals surface area contributed by atoms with Gasteiger partial charge < -0.3 is 10.2 Å². The maximum absolute atomic E-state index is 13.8. The molecule has 13 heteroatoms. The van der Waals surface area contributed by atoms with Crippen molar-refractivity contribution in [2.75, 3.05) is 24.1 Å². The number of anilines is 1. The largest absolute Gasteiger partial charge is 0.330 e. The number of nitrogens with zero attached hydrogens (tertiary/aromatic N) is 7. The molecule has 9 rings (SSSR count). The van der Waals surface area contributed by atoms with E-state index >= 15 is 0 Å². The molecule has 280 valence electrons. The van der Waals surface area contributed by atoms with Crippen LogP contribution in [0.3, 0.4) is 0 Å². The number of hydrogen-bond donors (Lipinski definition) is 2. The minimum absolute atomic E-state index is 0.181. The zero-order valence-electron chi connectivity index (χ0n) is 31.5. The summed E-state index contributed by atoms with van der Waals surface area (Å²) in [5.41, 5.74) is 11.0. The molecule has 2 saturated carbocycles. The first-order chi connectivity index (χ1) is 25.4. The van der Waals surface area contributed by atoms with Crippen molar-refractivity contribution in [3.05, 3.63) is 87.3 Å². The van der Waals surface area contributed by atoms with Gasteiger partial charge in [0.1, 0.15) is 0 Å². The van der Waals surface area contributed by atoms with Crippen LogP contribution in [0.2, 0.25) is 0 Å². The molecular formula is C40H51N9O3S. The SMILES string of the molecule is Cc1cc(C2CC2)nc2cc([C@@H]3CCCCN3)nn12.Cc1cc(NS(C)(=O)=O)c(C(=O)N2CCCC[C@H]2c2cc3nc(C4CC4)cc(C)n3n2)cc1C. The normalized spacial score (nSPS) is 20.7. The molecule has 1 aromatic carbocycles. The lowest BCUT2D eigenvalue weighted by Gasteiger charge is -2.35. The first-order valence-electron chi connectivity index (χ1n) is 19.3. The van der Waals surface area contributed by atoms with E-state index in [-0.39, 0.29) is 11.9 Å². The topological polar surface area (TPSA) is 139 Å². The van der Waals surface area contributed by atoms with E-state index < -0.39 is 10.0 Å². The van der Waals surface area contributed by atoms with Crippen molar-refractivity contribution in [1.82, 2.24) is 39.4 Å². The van der Waals surface area contributed by atoms with Crippen LogP contribution < -0.4 is 10.0 Å². The number of carbonyl (C=O) groups excluding carboxylic acids is 1. The van der Waals surface area contributed by atoms with Crippen molar-refractivity contribution in [3.8, 4) is 0 Å². The third-order valence-corrected chi connectivity index (χ3v) is 11.8. The smallest absolute Gasteiger partial charge is 0.256 e. The summed E-state index contributed by atoms with van der Waals surface area (Å²) in [6.07, 6.45) is 12.6. The van der Waals surface area contributed by atoms with Gasteiger partial charge in [0.25, 0.3) is 5.91 Å². The molecule has 0 spiro atoms. The van der Waals surface area contributed by atoms with Crippen molar-refractivity contribution >= 4 is 32.9 Å². The molecule has 12 nitrogen and oxygen atoms in total. The van der Waals surface area contributed by atoms with Gasteiger partial charge in [-0.25, -0.2) is 27.4 Å². The van der Waals surface area contributed by atoms with Crippen LogP contribution >= 0.6 is 0 Å². The van der Waals surface area contributed by atoms with Crippen LogP contribution in [0.4, 0.5) is 5.69 Å². The minimum atomic E-state index is -3.53. The number of sulfonamides is 1. The van der Waals surface area contributed by atoms with Crippen LogP contribution in [0, 0.1) is 27.7 Å². The van der Waals surface area contributed by atoms with Crippen molar-refractivity contribution < 1.29 is 13.2 Å². The Labute approximate surface area is 311 Å². The summed E-state index contributed by atoms with van der Waals surface area (Å²) in [5, 5.41) is 13.2. The van der Waals surface area contributed by atoms with Crippen LogP contribution in [0.1, 0.15) is 144 Å². The summed E-state index contributed by atoms with van der Waals surface area (Å²) < 4.78 is 30.4. The van der Waals surface area contributed by atoms with Gasteiger partial charge in [-0.1, -0.05) is 6.42 Å². The molecule has 0 bridgehead atoms. The first-order valence-corrected chi connectivity index (χ1v) is 21.2. The Kier molecular flexibility index (Phi) is 9.51. The third kappa shape index (κ3) is 7.68. The second-order valence-electron chi connectivity index (χ2n) is 15.7. The third-order valence-electron chi connectivity index (χ3n) is 11.2. The quantitative estimate of drug-likeness (QED) is 0.182. The Hall–Kier alpha value is -4.36. The van der Waals surface area contributed by atoms with E-state index in [0.29, 0.717) is 35.7 Å². The fraction of sp³-hybridized carbons (Fsp3) is 0.525. The summed E-state index contributed by atoms with van der Waals surface area (Å²) in [4.78, 5) is 25.3. The molecule has 0 unspecified atom stereocenters. The molecule has 53 heavy (non-hydrogen) atoms. The first kappa shape index (κ1) is 35.7. The molecule has 0 radical (unpaired) electrons. The predicted octanol–water partition coefficient (Wildman–Crippen LogP) is 7.00. The second-order valence-corrected chi connectivity index (χ2v) is 17.5. The van der Waals surface area contributed by atoms with Crippen LogP contribution in [0.25, 0.3) is 11.3 Å². The highest BCUT2D eigenvalue weighted by atomic mass is 32.2. The monoisotopic (exact) mass is 737 g/mol. The van der Waals surface area contributed by atoms with Crippen LogP contribution in [-0.2, 0) is 10.0 Å². The lowest BCUT2D eigenvalue weighted by molar-refractivity contribution is 0.0606. The number of benzene rings is 1. The van der Waals surface area contributed by atoms with E-state index in [1.54, 1.807) is 12.1 Å². The van der Waals surface area contributed by atoms with Gasteiger partial charge in [0.2, 0.25) is 10.0 Å². The van der Waals surface area contributed by atoms with Crippen LogP contribution in [0.5, 0.6) is 0 Å². The molecule has 6 heterocycles. The average Bonchev–Trinajstić information content (AvgIpc) is 4.07. The average molecular weight is 738 g/mol. The van der Waals surface area contributed by atoms with Crippen molar-refractivity contribution in [3.63, 3.8) is 0 Å². The Morgan fingerprint density at radius 2 is 1.30 bits per heavy atom. The highest BCUT2D eigenvalue weighted by Crippen LogP contribution is 2.41. The van der Waals surface area contributed by atoms with Gasteiger partial charge in [-0.2, -0.15) is 10.2 Å². The molecule has 2 aliphatic heterocycles. The molecule has 5 aromatic rings. The van der Waals surface area contributed by atoms with Crippen molar-refractivity contribution in [2.24, 2.45) is 0 Å². The van der Waals surface area contributed by atoms with Gasteiger partial charge in [0.05, 0.1) is 41.0 Å². The number of aromatic nitrogens is 6. The highest BCUT2D eigenvalue weighted by molar-refractivity contribution is 7.92. The molecule has 4 aromatic heterocycles. The number of nitrogens with one attached hydrogen (secondary N) is 2. The maximum Gasteiger partial charge on any atom is 0.256 e. The van der Waals surface area contributed by atoms with Gasteiger partial charge in [0.15, 0.2) is 11.3 Å². The summed E-state index contributed by atoms with van der Waals surface area (Å²) in [6.45, 7) is 9.71. The van der Waals surface area contributed by atoms with Crippen molar-refractivity contribution in [1.29, 1.82) is 0 Å². The Morgan fingerprint density at radius 3 is 1.89 bits per heavy atom. The van der Waals surface area contributed by atoms with Gasteiger partial charge in [-0.3, -0.25) is 9.52 Å². The van der Waals surface area contributed by atoms with E-state index in [4.69, 9.17) is 20.2 Å². The number of aryl methyl sites for hydroxylation is 4. The van der Waals surface area contributed by atoms with Gasteiger partial charge in [-0.05, 0) is 127 Å². The maximum atomic E-state index is 13.8. The summed E-state index contributed by atoms with van der Waals surface area (Å²) in [7, 11) is -3.53. The minimum Gasteiger partial charge on any atom is -0.330 e. The Bertz CT molecular complexity index is 2300. The predicted molar refractivity (Wildman–Crippen MR) is 206 cm³/mol. The number of piperidine rings is 2. The van der Waals surface area contributed by atoms with Crippen molar-refractivity contribution in [2.45, 2.75) is 116 Å². The Morgan fingerprint density at radius 1 is 0.717 bits per heavy atom. The highest BCUT2D eigenvalue weighted by Gasteiger charge is 2.33. The van der Waals surface area contributed by atoms with Crippen LogP contribution in [-0.4, -0.2) is 67.8 Å². The number of hydrogen-bond acceptors (Lipinski definition) is 8. The summed E-state index contributed by atoms with van der Waals surface area (Å²) in [5.74, 6) is 1.08. The molecule has 2 aliphatic carbocycles. The molecule has 1 amide bonds. The van der Waals surface area contributed by atoms with Gasteiger partial charge in [-0.15, -0.1) is 0 Å². The fourth-order valence-electron chi connectivity index (χ4n) is 7.86. The van der Waals surface area contributed by atoms with Gasteiger partial charge in [0, 0.05) is 53.3 Å². The number of fused-ring (bicyclic) bond motifs is 2. The number of amides is 1. The van der Waals surface area contributed by atoms with Crippen LogP contribution in [0.15, 0.2) is 36.4 Å². The molecule has 2 atom stereocenters. The zero-order valence-corrected chi connectivity index (χ0v) is 32.3. The number of likely N-dealkylation sites (tertiary alicyclic amines) is 1. The zero-order chi connectivity index (χ0) is 37.0. The van der Waals surface area contributed by atoms with Gasteiger partial charge >= 0.3 is 0 Å². The van der Waals surface area contributed by atoms with E-state index in [1.165, 1.54) is 56.3 Å². The molecule has 4 fully saturated rings. The van der Waals surface area contributed by atoms with E-state index in [1.807, 2.05) is 40.8 Å². The van der Waals surface area contributed by atoms with E-state index in [2.05, 4.69) is 35.2 Å².